The summed E-state index contributed by atoms with van der Waals surface area (Å²) in [5.74, 6) is 0.246. The number of carbonyl (C=O) groups is 1. The van der Waals surface area contributed by atoms with Gasteiger partial charge in [0.2, 0.25) is 0 Å². The summed E-state index contributed by atoms with van der Waals surface area (Å²) in [6.45, 7) is 0.340. The quantitative estimate of drug-likeness (QED) is 0.568. The van der Waals surface area contributed by atoms with E-state index in [9.17, 15) is 9.18 Å². The van der Waals surface area contributed by atoms with Gasteiger partial charge < -0.3 is 14.8 Å². The highest BCUT2D eigenvalue weighted by Gasteiger charge is 2.16. The largest absolute Gasteiger partial charge is 0.492 e. The molecular weight excluding hydrogens is 413 g/mol. The van der Waals surface area contributed by atoms with Crippen LogP contribution in [-0.4, -0.2) is 13.0 Å². The van der Waals surface area contributed by atoms with Crippen LogP contribution in [0.2, 0.25) is 0 Å². The minimum atomic E-state index is -0.364. The number of rotatable bonds is 6. The maximum absolute atomic E-state index is 13.0. The van der Waals surface area contributed by atoms with Gasteiger partial charge in [0, 0.05) is 11.3 Å². The normalized spacial score (nSPS) is 10.3. The van der Waals surface area contributed by atoms with E-state index in [-0.39, 0.29) is 11.7 Å². The van der Waals surface area contributed by atoms with Crippen LogP contribution >= 0.6 is 15.9 Å². The van der Waals surface area contributed by atoms with E-state index in [1.54, 1.807) is 12.1 Å². The molecule has 0 spiro atoms. The Morgan fingerprint density at radius 2 is 1.78 bits per heavy atom. The van der Waals surface area contributed by atoms with Crippen molar-refractivity contribution in [3.63, 3.8) is 0 Å². The van der Waals surface area contributed by atoms with E-state index >= 15 is 0 Å². The number of halogens is 2. The Hall–Kier alpha value is -2.86. The van der Waals surface area contributed by atoms with Gasteiger partial charge in [0.05, 0.1) is 11.6 Å². The molecule has 0 unspecified atom stereocenters. The molecule has 0 saturated carbocycles. The average molecular weight is 430 g/mol. The van der Waals surface area contributed by atoms with Gasteiger partial charge in [-0.1, -0.05) is 30.3 Å². The molecular formula is C21H17BrFNO3. The van der Waals surface area contributed by atoms with Gasteiger partial charge in [-0.3, -0.25) is 4.79 Å². The van der Waals surface area contributed by atoms with Crippen LogP contribution in [0, 0.1) is 5.82 Å². The van der Waals surface area contributed by atoms with E-state index in [1.807, 2.05) is 30.3 Å². The monoisotopic (exact) mass is 429 g/mol. The number of hydrogen-bond acceptors (Lipinski definition) is 3. The van der Waals surface area contributed by atoms with Crippen LogP contribution in [0.3, 0.4) is 0 Å². The molecule has 0 aliphatic heterocycles. The number of methoxy groups -OCH3 is 1. The van der Waals surface area contributed by atoms with E-state index in [0.717, 1.165) is 5.56 Å². The van der Waals surface area contributed by atoms with Crippen LogP contribution in [0.25, 0.3) is 0 Å². The van der Waals surface area contributed by atoms with E-state index < -0.39 is 0 Å². The van der Waals surface area contributed by atoms with Crippen molar-refractivity contribution < 1.29 is 18.7 Å². The predicted octanol–water partition coefficient (Wildman–Crippen LogP) is 5.43. The van der Waals surface area contributed by atoms with Crippen molar-refractivity contribution >= 4 is 27.5 Å². The van der Waals surface area contributed by atoms with Crippen LogP contribution in [0.1, 0.15) is 15.9 Å². The first-order valence-electron chi connectivity index (χ1n) is 8.18. The third kappa shape index (κ3) is 4.86. The second kappa shape index (κ2) is 8.68. The minimum Gasteiger partial charge on any atom is -0.492 e. The smallest absolute Gasteiger partial charge is 0.255 e. The maximum Gasteiger partial charge on any atom is 0.255 e. The van der Waals surface area contributed by atoms with Crippen molar-refractivity contribution in [2.75, 3.05) is 12.4 Å². The van der Waals surface area contributed by atoms with E-state index in [4.69, 9.17) is 9.47 Å². The first-order valence-corrected chi connectivity index (χ1v) is 8.97. The highest BCUT2D eigenvalue weighted by atomic mass is 79.9. The zero-order valence-electron chi connectivity index (χ0n) is 14.5. The van der Waals surface area contributed by atoms with E-state index in [1.165, 1.54) is 31.4 Å². The van der Waals surface area contributed by atoms with Crippen molar-refractivity contribution in [1.29, 1.82) is 0 Å². The molecule has 0 aromatic heterocycles. The van der Waals surface area contributed by atoms with Crippen molar-refractivity contribution in [2.45, 2.75) is 6.61 Å². The molecule has 0 saturated heterocycles. The Bertz CT molecular complexity index is 930. The summed E-state index contributed by atoms with van der Waals surface area (Å²) in [5, 5.41) is 2.73. The maximum atomic E-state index is 13.0. The summed E-state index contributed by atoms with van der Waals surface area (Å²) < 4.78 is 24.9. The minimum absolute atomic E-state index is 0.338. The molecule has 6 heteroatoms. The summed E-state index contributed by atoms with van der Waals surface area (Å²) >= 11 is 3.41. The Morgan fingerprint density at radius 3 is 2.44 bits per heavy atom. The van der Waals surface area contributed by atoms with Crippen LogP contribution < -0.4 is 14.8 Å². The lowest BCUT2D eigenvalue weighted by Gasteiger charge is -2.14. The number of benzene rings is 3. The van der Waals surface area contributed by atoms with Crippen molar-refractivity contribution in [3.05, 3.63) is 88.1 Å². The van der Waals surface area contributed by atoms with Crippen molar-refractivity contribution in [1.82, 2.24) is 0 Å². The SMILES string of the molecule is COc1c(Br)cc(C(=O)Nc2ccc(F)cc2)cc1OCc1ccccc1. The molecule has 0 aliphatic rings. The second-order valence-corrected chi connectivity index (χ2v) is 6.58. The summed E-state index contributed by atoms with van der Waals surface area (Å²) in [7, 11) is 1.54. The molecule has 0 bridgehead atoms. The Labute approximate surface area is 165 Å². The number of amides is 1. The van der Waals surface area contributed by atoms with Gasteiger partial charge in [0.15, 0.2) is 11.5 Å². The highest BCUT2D eigenvalue weighted by Crippen LogP contribution is 2.37. The molecule has 138 valence electrons. The number of ether oxygens (including phenoxy) is 2. The van der Waals surface area contributed by atoms with Crippen LogP contribution in [0.5, 0.6) is 11.5 Å². The molecule has 0 atom stereocenters. The van der Waals surface area contributed by atoms with Gasteiger partial charge in [0.1, 0.15) is 12.4 Å². The van der Waals surface area contributed by atoms with Crippen LogP contribution in [-0.2, 0) is 6.61 Å². The molecule has 0 heterocycles. The van der Waals surface area contributed by atoms with Gasteiger partial charge in [-0.25, -0.2) is 4.39 Å². The number of nitrogens with one attached hydrogen (secondary N) is 1. The molecule has 1 amide bonds. The van der Waals surface area contributed by atoms with Gasteiger partial charge >= 0.3 is 0 Å². The fourth-order valence-corrected chi connectivity index (χ4v) is 3.08. The summed E-state index contributed by atoms with van der Waals surface area (Å²) in [5.41, 5.74) is 1.88. The molecule has 4 nitrogen and oxygen atoms in total. The number of hydrogen-bond donors (Lipinski definition) is 1. The standard InChI is InChI=1S/C21H17BrFNO3/c1-26-20-18(22)11-15(21(25)24-17-9-7-16(23)8-10-17)12-19(20)27-13-14-5-3-2-4-6-14/h2-12H,13H2,1H3,(H,24,25). The lowest BCUT2D eigenvalue weighted by molar-refractivity contribution is 0.102. The van der Waals surface area contributed by atoms with Crippen LogP contribution in [0.15, 0.2) is 71.2 Å². The van der Waals surface area contributed by atoms with Crippen LogP contribution in [0.4, 0.5) is 10.1 Å². The summed E-state index contributed by atoms with van der Waals surface area (Å²) in [4.78, 5) is 12.6. The topological polar surface area (TPSA) is 47.6 Å². The molecule has 3 aromatic carbocycles. The number of carbonyl (C=O) groups excluding carboxylic acids is 1. The molecule has 0 aliphatic carbocycles. The molecule has 3 rings (SSSR count). The highest BCUT2D eigenvalue weighted by molar-refractivity contribution is 9.10. The van der Waals surface area contributed by atoms with E-state index in [0.29, 0.717) is 33.8 Å². The molecule has 0 radical (unpaired) electrons. The Morgan fingerprint density at radius 1 is 1.07 bits per heavy atom. The van der Waals surface area contributed by atoms with E-state index in [2.05, 4.69) is 21.2 Å². The first kappa shape index (κ1) is 18.9. The lowest BCUT2D eigenvalue weighted by Crippen LogP contribution is -2.12. The van der Waals surface area contributed by atoms with Gasteiger partial charge in [0.25, 0.3) is 5.91 Å². The molecule has 27 heavy (non-hydrogen) atoms. The average Bonchev–Trinajstić information content (AvgIpc) is 2.68. The van der Waals surface area contributed by atoms with Gasteiger partial charge in [-0.05, 0) is 57.9 Å². The third-order valence-corrected chi connectivity index (χ3v) is 4.40. The fraction of sp³-hybridized carbons (Fsp3) is 0.0952. The molecule has 1 N–H and O–H groups in total. The summed E-state index contributed by atoms with van der Waals surface area (Å²) in [6.07, 6.45) is 0. The predicted molar refractivity (Wildman–Crippen MR) is 106 cm³/mol. The lowest BCUT2D eigenvalue weighted by atomic mass is 10.1. The van der Waals surface area contributed by atoms with Crippen molar-refractivity contribution in [3.8, 4) is 11.5 Å². The zero-order chi connectivity index (χ0) is 19.2. The Kier molecular flexibility index (Phi) is 6.08. The van der Waals surface area contributed by atoms with Crippen molar-refractivity contribution in [2.24, 2.45) is 0 Å². The van der Waals surface area contributed by atoms with Gasteiger partial charge in [-0.15, -0.1) is 0 Å². The summed E-state index contributed by atoms with van der Waals surface area (Å²) in [6, 6.07) is 18.5. The molecule has 0 fully saturated rings. The third-order valence-electron chi connectivity index (χ3n) is 3.82. The fourth-order valence-electron chi connectivity index (χ4n) is 2.48. The second-order valence-electron chi connectivity index (χ2n) is 5.72. The molecule has 3 aromatic rings. The Balaban J connectivity index is 1.82. The zero-order valence-corrected chi connectivity index (χ0v) is 16.1. The first-order chi connectivity index (χ1) is 13.1. The number of anilines is 1. The van der Waals surface area contributed by atoms with Gasteiger partial charge in [-0.2, -0.15) is 0 Å².